The Bertz CT molecular complexity index is 533. The van der Waals surface area contributed by atoms with Gasteiger partial charge in [-0.1, -0.05) is 0 Å². The number of hydrogen-bond donors (Lipinski definition) is 2. The summed E-state index contributed by atoms with van der Waals surface area (Å²) in [6, 6.07) is 6.74. The van der Waals surface area contributed by atoms with Crippen molar-refractivity contribution in [2.75, 3.05) is 0 Å². The molecule has 2 heterocycles. The summed E-state index contributed by atoms with van der Waals surface area (Å²) in [7, 11) is 0. The molecular formula is C12H13N3O2. The van der Waals surface area contributed by atoms with E-state index < -0.39 is 6.23 Å². The fourth-order valence-corrected chi connectivity index (χ4v) is 2.06. The molecule has 17 heavy (non-hydrogen) atoms. The first-order valence-electron chi connectivity index (χ1n) is 5.67. The second-order valence-corrected chi connectivity index (χ2v) is 4.22. The van der Waals surface area contributed by atoms with Crippen LogP contribution >= 0.6 is 0 Å². The van der Waals surface area contributed by atoms with Crippen LogP contribution in [0.2, 0.25) is 0 Å². The molecule has 0 saturated heterocycles. The molecule has 1 aliphatic rings. The summed E-state index contributed by atoms with van der Waals surface area (Å²) < 4.78 is 1.59. The zero-order valence-corrected chi connectivity index (χ0v) is 9.24. The van der Waals surface area contributed by atoms with Crippen molar-refractivity contribution >= 4 is 0 Å². The number of aliphatic hydroxyl groups is 1. The fourth-order valence-electron chi connectivity index (χ4n) is 2.06. The standard InChI is InChI=1S/C12H13N3O2/c16-9-6-4-8(5-7-9)12-13-10-2-1-3-11(17)15(10)14-12/h4-7,11,16-17H,1-3H2. The van der Waals surface area contributed by atoms with Crippen molar-refractivity contribution in [1.82, 2.24) is 14.8 Å². The highest BCUT2D eigenvalue weighted by Crippen LogP contribution is 2.25. The van der Waals surface area contributed by atoms with E-state index in [0.29, 0.717) is 5.82 Å². The lowest BCUT2D eigenvalue weighted by Crippen LogP contribution is -2.18. The molecule has 2 aromatic rings. The fraction of sp³-hybridized carbons (Fsp3) is 0.333. The lowest BCUT2D eigenvalue weighted by atomic mass is 10.1. The van der Waals surface area contributed by atoms with Gasteiger partial charge in [0.15, 0.2) is 5.82 Å². The molecule has 1 aromatic heterocycles. The normalized spacial score (nSPS) is 19.0. The van der Waals surface area contributed by atoms with Crippen molar-refractivity contribution in [3.63, 3.8) is 0 Å². The number of rotatable bonds is 1. The third-order valence-corrected chi connectivity index (χ3v) is 2.97. The second kappa shape index (κ2) is 3.85. The highest BCUT2D eigenvalue weighted by atomic mass is 16.3. The number of benzene rings is 1. The highest BCUT2D eigenvalue weighted by molar-refractivity contribution is 5.55. The smallest absolute Gasteiger partial charge is 0.181 e. The van der Waals surface area contributed by atoms with Gasteiger partial charge in [0.05, 0.1) is 0 Å². The van der Waals surface area contributed by atoms with Crippen molar-refractivity contribution in [1.29, 1.82) is 0 Å². The average Bonchev–Trinajstić information content (AvgIpc) is 2.75. The molecule has 0 saturated carbocycles. The first-order valence-corrected chi connectivity index (χ1v) is 5.67. The molecule has 88 valence electrons. The summed E-state index contributed by atoms with van der Waals surface area (Å²) in [5.41, 5.74) is 0.844. The van der Waals surface area contributed by atoms with E-state index in [0.717, 1.165) is 30.7 Å². The molecule has 1 atom stereocenters. The Morgan fingerprint density at radius 1 is 1.24 bits per heavy atom. The number of aliphatic hydroxyl groups excluding tert-OH is 1. The maximum absolute atomic E-state index is 9.79. The molecule has 0 radical (unpaired) electrons. The van der Waals surface area contributed by atoms with Crippen LogP contribution in [0.15, 0.2) is 24.3 Å². The van der Waals surface area contributed by atoms with E-state index in [-0.39, 0.29) is 5.75 Å². The Balaban J connectivity index is 2.02. The molecule has 1 aliphatic heterocycles. The second-order valence-electron chi connectivity index (χ2n) is 4.22. The number of phenolic OH excluding ortho intramolecular Hbond substituents is 1. The van der Waals surface area contributed by atoms with Gasteiger partial charge >= 0.3 is 0 Å². The van der Waals surface area contributed by atoms with Crippen molar-refractivity contribution in [2.45, 2.75) is 25.5 Å². The highest BCUT2D eigenvalue weighted by Gasteiger charge is 2.21. The van der Waals surface area contributed by atoms with E-state index in [9.17, 15) is 10.2 Å². The van der Waals surface area contributed by atoms with Crippen molar-refractivity contribution < 1.29 is 10.2 Å². The Kier molecular flexibility index (Phi) is 2.33. The third-order valence-electron chi connectivity index (χ3n) is 2.97. The summed E-state index contributed by atoms with van der Waals surface area (Å²) in [5.74, 6) is 1.64. The lowest BCUT2D eigenvalue weighted by molar-refractivity contribution is 0.0648. The van der Waals surface area contributed by atoms with Gasteiger partial charge in [0, 0.05) is 12.0 Å². The van der Waals surface area contributed by atoms with E-state index >= 15 is 0 Å². The number of nitrogens with zero attached hydrogens (tertiary/aromatic N) is 3. The third kappa shape index (κ3) is 1.78. The van der Waals surface area contributed by atoms with Gasteiger partial charge in [0.1, 0.15) is 17.8 Å². The predicted octanol–water partition coefficient (Wildman–Crippen LogP) is 1.48. The number of aryl methyl sites for hydroxylation is 1. The number of aromatic hydroxyl groups is 1. The van der Waals surface area contributed by atoms with Gasteiger partial charge < -0.3 is 10.2 Å². The van der Waals surface area contributed by atoms with E-state index in [1.54, 1.807) is 28.9 Å². The molecule has 1 unspecified atom stereocenters. The summed E-state index contributed by atoms with van der Waals surface area (Å²) in [6.07, 6.45) is 1.96. The van der Waals surface area contributed by atoms with Gasteiger partial charge in [0.2, 0.25) is 0 Å². The number of fused-ring (bicyclic) bond motifs is 1. The number of hydrogen-bond acceptors (Lipinski definition) is 4. The maximum Gasteiger partial charge on any atom is 0.181 e. The van der Waals surface area contributed by atoms with E-state index in [1.807, 2.05) is 0 Å². The Morgan fingerprint density at radius 2 is 2.00 bits per heavy atom. The largest absolute Gasteiger partial charge is 0.508 e. The number of phenols is 1. The van der Waals surface area contributed by atoms with Crippen LogP contribution in [0.4, 0.5) is 0 Å². The van der Waals surface area contributed by atoms with Gasteiger partial charge in [-0.2, -0.15) is 0 Å². The maximum atomic E-state index is 9.79. The monoisotopic (exact) mass is 231 g/mol. The van der Waals surface area contributed by atoms with Crippen molar-refractivity contribution in [3.05, 3.63) is 30.1 Å². The summed E-state index contributed by atoms with van der Waals surface area (Å²) >= 11 is 0. The van der Waals surface area contributed by atoms with Crippen molar-refractivity contribution in [2.24, 2.45) is 0 Å². The topological polar surface area (TPSA) is 71.2 Å². The van der Waals surface area contributed by atoms with Crippen LogP contribution in [0, 0.1) is 0 Å². The van der Waals surface area contributed by atoms with Gasteiger partial charge in [-0.15, -0.1) is 5.10 Å². The van der Waals surface area contributed by atoms with E-state index in [4.69, 9.17) is 0 Å². The zero-order chi connectivity index (χ0) is 11.8. The lowest BCUT2D eigenvalue weighted by Gasteiger charge is -2.17. The van der Waals surface area contributed by atoms with E-state index in [2.05, 4.69) is 10.1 Å². The van der Waals surface area contributed by atoms with Crippen LogP contribution in [-0.4, -0.2) is 25.0 Å². The quantitative estimate of drug-likeness (QED) is 0.779. The molecule has 0 spiro atoms. The van der Waals surface area contributed by atoms with Crippen LogP contribution in [0.3, 0.4) is 0 Å². The summed E-state index contributed by atoms with van der Waals surface area (Å²) in [5, 5.41) is 23.3. The zero-order valence-electron chi connectivity index (χ0n) is 9.24. The Hall–Kier alpha value is -1.88. The predicted molar refractivity (Wildman–Crippen MR) is 61.3 cm³/mol. The molecule has 0 amide bonds. The minimum Gasteiger partial charge on any atom is -0.508 e. The molecule has 3 rings (SSSR count). The minimum atomic E-state index is -0.558. The first-order chi connectivity index (χ1) is 8.24. The summed E-state index contributed by atoms with van der Waals surface area (Å²) in [6.45, 7) is 0. The average molecular weight is 231 g/mol. The summed E-state index contributed by atoms with van der Waals surface area (Å²) in [4.78, 5) is 4.41. The van der Waals surface area contributed by atoms with Crippen LogP contribution in [0.5, 0.6) is 5.75 Å². The van der Waals surface area contributed by atoms with Crippen molar-refractivity contribution in [3.8, 4) is 17.1 Å². The number of aromatic nitrogens is 3. The van der Waals surface area contributed by atoms with Gasteiger partial charge in [-0.05, 0) is 37.1 Å². The van der Waals surface area contributed by atoms with Gasteiger partial charge in [-0.3, -0.25) is 0 Å². The molecule has 0 fully saturated rings. The van der Waals surface area contributed by atoms with Crippen LogP contribution in [0.25, 0.3) is 11.4 Å². The SMILES string of the molecule is Oc1ccc(-c2nc3n(n2)C(O)CCC3)cc1. The van der Waals surface area contributed by atoms with Crippen LogP contribution in [0.1, 0.15) is 24.9 Å². The first kappa shape index (κ1) is 10.3. The van der Waals surface area contributed by atoms with Crippen LogP contribution < -0.4 is 0 Å². The molecule has 2 N–H and O–H groups in total. The van der Waals surface area contributed by atoms with E-state index in [1.165, 1.54) is 0 Å². The van der Waals surface area contributed by atoms with Gasteiger partial charge in [-0.25, -0.2) is 9.67 Å². The molecular weight excluding hydrogens is 218 g/mol. The molecule has 5 nitrogen and oxygen atoms in total. The van der Waals surface area contributed by atoms with Crippen LogP contribution in [-0.2, 0) is 6.42 Å². The van der Waals surface area contributed by atoms with Gasteiger partial charge in [0.25, 0.3) is 0 Å². The molecule has 1 aromatic carbocycles. The minimum absolute atomic E-state index is 0.220. The Morgan fingerprint density at radius 3 is 2.71 bits per heavy atom. The molecule has 5 heteroatoms. The molecule has 0 bridgehead atoms. The molecule has 0 aliphatic carbocycles. The Labute approximate surface area is 98.4 Å².